The Morgan fingerprint density at radius 1 is 1.29 bits per heavy atom. The van der Waals surface area contributed by atoms with Crippen molar-refractivity contribution >= 4 is 5.91 Å². The number of nitrogens with one attached hydrogen (secondary N) is 1. The minimum Gasteiger partial charge on any atom is -0.349 e. The molecule has 1 amide bonds. The van der Waals surface area contributed by atoms with E-state index in [0.29, 0.717) is 0 Å². The molecular formula is C16H24F2N2O. The van der Waals surface area contributed by atoms with Gasteiger partial charge in [-0.1, -0.05) is 19.9 Å². The second kappa shape index (κ2) is 8.72. The normalized spacial score (nSPS) is 12.5. The molecule has 1 aromatic rings. The Kier molecular flexibility index (Phi) is 7.29. The van der Waals surface area contributed by atoms with Gasteiger partial charge in [0, 0.05) is 6.04 Å². The van der Waals surface area contributed by atoms with Crippen molar-refractivity contribution in [1.82, 2.24) is 10.2 Å². The fraction of sp³-hybridized carbons (Fsp3) is 0.562. The van der Waals surface area contributed by atoms with Crippen molar-refractivity contribution in [3.05, 3.63) is 35.4 Å². The Morgan fingerprint density at radius 2 is 1.95 bits per heavy atom. The van der Waals surface area contributed by atoms with Gasteiger partial charge in [0.2, 0.25) is 0 Å². The van der Waals surface area contributed by atoms with E-state index in [0.717, 1.165) is 38.5 Å². The molecule has 0 heterocycles. The van der Waals surface area contributed by atoms with Gasteiger partial charge in [0.25, 0.3) is 5.91 Å². The second-order valence-corrected chi connectivity index (χ2v) is 5.14. The number of carbonyl (C=O) groups excluding carboxylic acids is 1. The fourth-order valence-corrected chi connectivity index (χ4v) is 2.21. The van der Waals surface area contributed by atoms with Gasteiger partial charge in [-0.05, 0) is 51.5 Å². The Bertz CT molecular complexity index is 462. The number of benzene rings is 1. The highest BCUT2D eigenvalue weighted by Crippen LogP contribution is 2.11. The van der Waals surface area contributed by atoms with Crippen LogP contribution in [0.3, 0.4) is 0 Å². The van der Waals surface area contributed by atoms with Crippen LogP contribution in [0.1, 0.15) is 44.0 Å². The molecule has 0 radical (unpaired) electrons. The highest BCUT2D eigenvalue weighted by atomic mass is 19.2. The average Bonchev–Trinajstić information content (AvgIpc) is 2.46. The van der Waals surface area contributed by atoms with E-state index in [-0.39, 0.29) is 11.6 Å². The zero-order chi connectivity index (χ0) is 15.8. The molecule has 1 rings (SSSR count). The number of halogens is 2. The Labute approximate surface area is 125 Å². The third-order valence-corrected chi connectivity index (χ3v) is 3.58. The van der Waals surface area contributed by atoms with Gasteiger partial charge >= 0.3 is 0 Å². The predicted molar refractivity (Wildman–Crippen MR) is 80.3 cm³/mol. The molecule has 0 aromatic heterocycles. The molecule has 0 aliphatic carbocycles. The van der Waals surface area contributed by atoms with Gasteiger partial charge in [-0.3, -0.25) is 4.79 Å². The standard InChI is InChI=1S/C16H24F2N2O/c1-4-20(5-2)11-7-8-12(3)19-16(21)13-9-6-10-14(17)15(13)18/h6,9-10,12H,4-5,7-8,11H2,1-3H3,(H,19,21). The first-order chi connectivity index (χ1) is 9.99. The van der Waals surface area contributed by atoms with E-state index in [9.17, 15) is 13.6 Å². The van der Waals surface area contributed by atoms with Crippen molar-refractivity contribution in [2.45, 2.75) is 39.7 Å². The SMILES string of the molecule is CCN(CC)CCCC(C)NC(=O)c1cccc(F)c1F. The van der Waals surface area contributed by atoms with Crippen LogP contribution in [0.4, 0.5) is 8.78 Å². The van der Waals surface area contributed by atoms with Gasteiger partial charge in [-0.25, -0.2) is 8.78 Å². The maximum Gasteiger partial charge on any atom is 0.254 e. The number of carbonyl (C=O) groups is 1. The summed E-state index contributed by atoms with van der Waals surface area (Å²) in [6.45, 7) is 9.08. The molecule has 0 saturated carbocycles. The topological polar surface area (TPSA) is 32.3 Å². The molecule has 21 heavy (non-hydrogen) atoms. The van der Waals surface area contributed by atoms with Gasteiger partial charge < -0.3 is 10.2 Å². The Morgan fingerprint density at radius 3 is 2.57 bits per heavy atom. The van der Waals surface area contributed by atoms with Gasteiger partial charge in [-0.15, -0.1) is 0 Å². The molecule has 0 bridgehead atoms. The molecule has 1 aromatic carbocycles. The number of nitrogens with zero attached hydrogens (tertiary/aromatic N) is 1. The average molecular weight is 298 g/mol. The van der Waals surface area contributed by atoms with Crippen LogP contribution in [0.2, 0.25) is 0 Å². The van der Waals surface area contributed by atoms with Gasteiger partial charge in [0.05, 0.1) is 5.56 Å². The van der Waals surface area contributed by atoms with E-state index in [2.05, 4.69) is 24.1 Å². The van der Waals surface area contributed by atoms with Crippen LogP contribution in [-0.2, 0) is 0 Å². The summed E-state index contributed by atoms with van der Waals surface area (Å²) in [5.74, 6) is -2.66. The molecule has 0 spiro atoms. The third kappa shape index (κ3) is 5.42. The van der Waals surface area contributed by atoms with E-state index in [1.165, 1.54) is 12.1 Å². The van der Waals surface area contributed by atoms with Crippen molar-refractivity contribution in [3.63, 3.8) is 0 Å². The van der Waals surface area contributed by atoms with Crippen LogP contribution in [0, 0.1) is 11.6 Å². The van der Waals surface area contributed by atoms with Crippen molar-refractivity contribution in [2.75, 3.05) is 19.6 Å². The molecule has 1 atom stereocenters. The van der Waals surface area contributed by atoms with Crippen molar-refractivity contribution in [1.29, 1.82) is 0 Å². The summed E-state index contributed by atoms with van der Waals surface area (Å²) in [6.07, 6.45) is 1.76. The predicted octanol–water partition coefficient (Wildman–Crippen LogP) is 3.21. The van der Waals surface area contributed by atoms with Crippen LogP contribution in [0.25, 0.3) is 0 Å². The van der Waals surface area contributed by atoms with Crippen molar-refractivity contribution < 1.29 is 13.6 Å². The number of hydrogen-bond acceptors (Lipinski definition) is 2. The molecule has 0 fully saturated rings. The van der Waals surface area contributed by atoms with Crippen molar-refractivity contribution in [2.24, 2.45) is 0 Å². The third-order valence-electron chi connectivity index (χ3n) is 3.58. The van der Waals surface area contributed by atoms with Crippen LogP contribution in [0.5, 0.6) is 0 Å². The fourth-order valence-electron chi connectivity index (χ4n) is 2.21. The molecule has 1 N–H and O–H groups in total. The van der Waals surface area contributed by atoms with E-state index >= 15 is 0 Å². The summed E-state index contributed by atoms with van der Waals surface area (Å²) in [4.78, 5) is 14.2. The van der Waals surface area contributed by atoms with E-state index in [1.807, 2.05) is 6.92 Å². The van der Waals surface area contributed by atoms with Crippen LogP contribution < -0.4 is 5.32 Å². The highest BCUT2D eigenvalue weighted by Gasteiger charge is 2.16. The maximum atomic E-state index is 13.5. The lowest BCUT2D eigenvalue weighted by Crippen LogP contribution is -2.34. The van der Waals surface area contributed by atoms with Crippen LogP contribution in [0.15, 0.2) is 18.2 Å². The summed E-state index contributed by atoms with van der Waals surface area (Å²) in [7, 11) is 0. The zero-order valence-electron chi connectivity index (χ0n) is 13.0. The number of amides is 1. The van der Waals surface area contributed by atoms with Crippen LogP contribution >= 0.6 is 0 Å². The lowest BCUT2D eigenvalue weighted by molar-refractivity contribution is 0.0932. The highest BCUT2D eigenvalue weighted by molar-refractivity contribution is 5.94. The minimum atomic E-state index is -1.09. The van der Waals surface area contributed by atoms with Gasteiger partial charge in [0.15, 0.2) is 11.6 Å². The Balaban J connectivity index is 2.45. The monoisotopic (exact) mass is 298 g/mol. The van der Waals surface area contributed by atoms with Crippen molar-refractivity contribution in [3.8, 4) is 0 Å². The smallest absolute Gasteiger partial charge is 0.254 e. The summed E-state index contributed by atoms with van der Waals surface area (Å²) in [5, 5.41) is 2.71. The molecule has 0 aliphatic heterocycles. The number of rotatable bonds is 8. The summed E-state index contributed by atoms with van der Waals surface area (Å²) < 4.78 is 26.6. The molecule has 5 heteroatoms. The summed E-state index contributed by atoms with van der Waals surface area (Å²) in [5.41, 5.74) is -0.245. The van der Waals surface area contributed by atoms with Gasteiger partial charge in [0.1, 0.15) is 0 Å². The quantitative estimate of drug-likeness (QED) is 0.799. The first-order valence-corrected chi connectivity index (χ1v) is 7.46. The second-order valence-electron chi connectivity index (χ2n) is 5.14. The maximum absolute atomic E-state index is 13.5. The van der Waals surface area contributed by atoms with E-state index in [1.54, 1.807) is 0 Å². The van der Waals surface area contributed by atoms with Gasteiger partial charge in [-0.2, -0.15) is 0 Å². The minimum absolute atomic E-state index is 0.0734. The largest absolute Gasteiger partial charge is 0.349 e. The Hall–Kier alpha value is -1.49. The lowest BCUT2D eigenvalue weighted by atomic mass is 10.1. The lowest BCUT2D eigenvalue weighted by Gasteiger charge is -2.19. The first kappa shape index (κ1) is 17.6. The van der Waals surface area contributed by atoms with E-state index < -0.39 is 17.5 Å². The first-order valence-electron chi connectivity index (χ1n) is 7.46. The van der Waals surface area contributed by atoms with E-state index in [4.69, 9.17) is 0 Å². The number of hydrogen-bond donors (Lipinski definition) is 1. The summed E-state index contributed by atoms with van der Waals surface area (Å²) >= 11 is 0. The zero-order valence-corrected chi connectivity index (χ0v) is 13.0. The molecular weight excluding hydrogens is 274 g/mol. The molecule has 1 unspecified atom stereocenters. The molecule has 118 valence electrons. The summed E-state index contributed by atoms with van der Waals surface area (Å²) in [6, 6.07) is 3.55. The molecule has 3 nitrogen and oxygen atoms in total. The van der Waals surface area contributed by atoms with Crippen LogP contribution in [-0.4, -0.2) is 36.5 Å². The molecule has 0 saturated heterocycles. The molecule has 0 aliphatic rings.